The molecule has 0 saturated heterocycles. The molecule has 0 aliphatic heterocycles. The second-order valence-electron chi connectivity index (χ2n) is 5.54. The van der Waals surface area contributed by atoms with Crippen molar-refractivity contribution in [2.75, 3.05) is 6.26 Å². The fourth-order valence-corrected chi connectivity index (χ4v) is 3.54. The van der Waals surface area contributed by atoms with Gasteiger partial charge in [0.1, 0.15) is 6.61 Å². The first-order valence-corrected chi connectivity index (χ1v) is 9.56. The maximum Gasteiger partial charge on any atom is 0.339 e. The Morgan fingerprint density at radius 3 is 2.60 bits per heavy atom. The van der Waals surface area contributed by atoms with Gasteiger partial charge in [-0.25, -0.2) is 9.78 Å². The average molecular weight is 374 g/mol. The number of fused-ring (bicyclic) bond motifs is 1. The Bertz CT molecular complexity index is 988. The summed E-state index contributed by atoms with van der Waals surface area (Å²) in [6, 6.07) is 14.3. The number of para-hydroxylation sites is 1. The zero-order valence-electron chi connectivity index (χ0n) is 13.8. The molecule has 0 N–H and O–H groups in total. The van der Waals surface area contributed by atoms with Gasteiger partial charge in [-0.15, -0.1) is 0 Å². The van der Waals surface area contributed by atoms with Gasteiger partial charge in [0.25, 0.3) is 0 Å². The minimum Gasteiger partial charge on any atom is -0.455 e. The number of ether oxygens (including phenoxy) is 1. The van der Waals surface area contributed by atoms with E-state index in [1.165, 1.54) is 6.26 Å². The van der Waals surface area contributed by atoms with Gasteiger partial charge >= 0.3 is 5.97 Å². The van der Waals surface area contributed by atoms with Crippen LogP contribution in [0.15, 0.2) is 53.4 Å². The smallest absolute Gasteiger partial charge is 0.339 e. The van der Waals surface area contributed by atoms with Crippen LogP contribution in [0.4, 0.5) is 0 Å². The summed E-state index contributed by atoms with van der Waals surface area (Å²) in [6.45, 7) is 1.86. The SMILES string of the molecule is Cc1c(Cl)c(COC(=O)c2ccccc2[S@@](C)=O)nc2ccccc12. The summed E-state index contributed by atoms with van der Waals surface area (Å²) < 4.78 is 17.1. The fourth-order valence-electron chi connectivity index (χ4n) is 2.61. The van der Waals surface area contributed by atoms with E-state index < -0.39 is 16.8 Å². The largest absolute Gasteiger partial charge is 0.455 e. The summed E-state index contributed by atoms with van der Waals surface area (Å²) in [5, 5.41) is 1.45. The molecule has 2 aromatic carbocycles. The van der Waals surface area contributed by atoms with Crippen LogP contribution in [0.25, 0.3) is 10.9 Å². The number of rotatable bonds is 4. The lowest BCUT2D eigenvalue weighted by Crippen LogP contribution is -2.10. The second kappa shape index (κ2) is 7.33. The molecule has 1 atom stereocenters. The number of hydrogen-bond donors (Lipinski definition) is 0. The molecule has 3 aromatic rings. The van der Waals surface area contributed by atoms with Crippen molar-refractivity contribution in [2.24, 2.45) is 0 Å². The number of benzene rings is 2. The molecular formula is C19H16ClNO3S. The Hall–Kier alpha value is -2.24. The van der Waals surface area contributed by atoms with Crippen molar-refractivity contribution < 1.29 is 13.7 Å². The molecule has 0 fully saturated rings. The normalized spacial score (nSPS) is 12.1. The quantitative estimate of drug-likeness (QED) is 0.640. The van der Waals surface area contributed by atoms with Crippen LogP contribution >= 0.6 is 11.6 Å². The monoisotopic (exact) mass is 373 g/mol. The number of aromatic nitrogens is 1. The van der Waals surface area contributed by atoms with Crippen molar-refractivity contribution in [3.8, 4) is 0 Å². The summed E-state index contributed by atoms with van der Waals surface area (Å²) in [5.74, 6) is -0.547. The highest BCUT2D eigenvalue weighted by Crippen LogP contribution is 2.27. The third-order valence-corrected chi connectivity index (χ3v) is 5.38. The highest BCUT2D eigenvalue weighted by atomic mass is 35.5. The Kier molecular flexibility index (Phi) is 5.16. The lowest BCUT2D eigenvalue weighted by atomic mass is 10.1. The molecule has 0 amide bonds. The van der Waals surface area contributed by atoms with Crippen molar-refractivity contribution in [3.05, 3.63) is 70.4 Å². The topological polar surface area (TPSA) is 56.3 Å². The van der Waals surface area contributed by atoms with Crippen LogP contribution in [0.2, 0.25) is 5.02 Å². The van der Waals surface area contributed by atoms with Gasteiger partial charge in [0.2, 0.25) is 0 Å². The van der Waals surface area contributed by atoms with Gasteiger partial charge in [0.05, 0.1) is 37.5 Å². The average Bonchev–Trinajstić information content (AvgIpc) is 2.63. The Morgan fingerprint density at radius 1 is 1.16 bits per heavy atom. The molecule has 0 radical (unpaired) electrons. The molecule has 128 valence electrons. The molecular weight excluding hydrogens is 358 g/mol. The Labute approximate surface area is 153 Å². The van der Waals surface area contributed by atoms with Crippen LogP contribution in [0.1, 0.15) is 21.6 Å². The first kappa shape index (κ1) is 17.6. The van der Waals surface area contributed by atoms with Crippen molar-refractivity contribution in [2.45, 2.75) is 18.4 Å². The van der Waals surface area contributed by atoms with Gasteiger partial charge in [-0.3, -0.25) is 4.21 Å². The second-order valence-corrected chi connectivity index (χ2v) is 7.27. The summed E-state index contributed by atoms with van der Waals surface area (Å²) >= 11 is 6.38. The minimum atomic E-state index is -1.28. The van der Waals surface area contributed by atoms with Crippen molar-refractivity contribution in [1.82, 2.24) is 4.98 Å². The van der Waals surface area contributed by atoms with Crippen molar-refractivity contribution in [1.29, 1.82) is 0 Å². The number of nitrogens with zero attached hydrogens (tertiary/aromatic N) is 1. The Morgan fingerprint density at radius 2 is 1.84 bits per heavy atom. The maximum atomic E-state index is 12.4. The highest BCUT2D eigenvalue weighted by Gasteiger charge is 2.17. The van der Waals surface area contributed by atoms with Gasteiger partial charge in [-0.2, -0.15) is 0 Å². The highest BCUT2D eigenvalue weighted by molar-refractivity contribution is 7.84. The number of carbonyl (C=O) groups is 1. The lowest BCUT2D eigenvalue weighted by Gasteiger charge is -2.11. The fraction of sp³-hybridized carbons (Fsp3) is 0.158. The van der Waals surface area contributed by atoms with E-state index in [0.717, 1.165) is 16.5 Å². The predicted octanol–water partition coefficient (Wildman–Crippen LogP) is 4.29. The van der Waals surface area contributed by atoms with Gasteiger partial charge in [-0.05, 0) is 30.7 Å². The van der Waals surface area contributed by atoms with Crippen LogP contribution in [0, 0.1) is 6.92 Å². The minimum absolute atomic E-state index is 0.0476. The van der Waals surface area contributed by atoms with Crippen molar-refractivity contribution in [3.63, 3.8) is 0 Å². The van der Waals surface area contributed by atoms with Gasteiger partial charge in [0.15, 0.2) is 0 Å². The first-order valence-electron chi connectivity index (χ1n) is 7.62. The number of hydrogen-bond acceptors (Lipinski definition) is 4. The predicted molar refractivity (Wildman–Crippen MR) is 99.4 cm³/mol. The summed E-state index contributed by atoms with van der Waals surface area (Å²) in [6.07, 6.45) is 1.53. The number of esters is 1. The van der Waals surface area contributed by atoms with E-state index in [-0.39, 0.29) is 12.2 Å². The maximum absolute atomic E-state index is 12.4. The van der Waals surface area contributed by atoms with Crippen LogP contribution in [-0.2, 0) is 22.1 Å². The molecule has 0 bridgehead atoms. The number of pyridine rings is 1. The van der Waals surface area contributed by atoms with Crippen LogP contribution < -0.4 is 0 Å². The van der Waals surface area contributed by atoms with E-state index in [2.05, 4.69) is 4.98 Å². The van der Waals surface area contributed by atoms with Gasteiger partial charge in [-0.1, -0.05) is 41.9 Å². The zero-order valence-corrected chi connectivity index (χ0v) is 15.4. The number of halogens is 1. The molecule has 6 heteroatoms. The van der Waals surface area contributed by atoms with E-state index >= 15 is 0 Å². The summed E-state index contributed by atoms with van der Waals surface area (Å²) in [5.41, 5.74) is 2.48. The van der Waals surface area contributed by atoms with E-state index in [9.17, 15) is 9.00 Å². The molecule has 0 aliphatic rings. The lowest BCUT2D eigenvalue weighted by molar-refractivity contribution is 0.0464. The molecule has 0 aliphatic carbocycles. The standard InChI is InChI=1S/C19H16ClNO3S/c1-12-13-7-3-5-9-15(13)21-16(18(12)20)11-24-19(22)14-8-4-6-10-17(14)25(2)23/h3-10H,11H2,1-2H3/t25-/m1/s1. The third kappa shape index (κ3) is 3.57. The van der Waals surface area contributed by atoms with E-state index in [1.54, 1.807) is 24.3 Å². The van der Waals surface area contributed by atoms with Crippen LogP contribution in [0.3, 0.4) is 0 Å². The van der Waals surface area contributed by atoms with Gasteiger partial charge < -0.3 is 4.74 Å². The van der Waals surface area contributed by atoms with Crippen LogP contribution in [-0.4, -0.2) is 21.4 Å². The molecule has 3 rings (SSSR count). The molecule has 25 heavy (non-hydrogen) atoms. The van der Waals surface area contributed by atoms with E-state index in [1.807, 2.05) is 31.2 Å². The molecule has 0 unspecified atom stereocenters. The van der Waals surface area contributed by atoms with E-state index in [4.69, 9.17) is 16.3 Å². The summed E-state index contributed by atoms with van der Waals surface area (Å²) in [7, 11) is -1.28. The first-order chi connectivity index (χ1) is 12.0. The summed E-state index contributed by atoms with van der Waals surface area (Å²) in [4.78, 5) is 17.3. The van der Waals surface area contributed by atoms with Gasteiger partial charge in [0, 0.05) is 11.6 Å². The van der Waals surface area contributed by atoms with Crippen LogP contribution in [0.5, 0.6) is 0 Å². The molecule has 1 heterocycles. The van der Waals surface area contributed by atoms with E-state index in [0.29, 0.717) is 15.6 Å². The Balaban J connectivity index is 1.87. The third-order valence-electron chi connectivity index (χ3n) is 3.90. The molecule has 0 saturated carbocycles. The number of carbonyl (C=O) groups excluding carboxylic acids is 1. The molecule has 4 nitrogen and oxygen atoms in total. The van der Waals surface area contributed by atoms with Crippen molar-refractivity contribution >= 4 is 39.3 Å². The zero-order chi connectivity index (χ0) is 18.0. The molecule has 0 spiro atoms. The molecule has 1 aromatic heterocycles. The number of aryl methyl sites for hydroxylation is 1.